The van der Waals surface area contributed by atoms with Crippen molar-refractivity contribution in [1.82, 2.24) is 14.1 Å². The fourth-order valence-electron chi connectivity index (χ4n) is 2.10. The third-order valence-corrected chi connectivity index (χ3v) is 5.67. The van der Waals surface area contributed by atoms with Crippen LogP contribution in [0.4, 0.5) is 0 Å². The van der Waals surface area contributed by atoms with Gasteiger partial charge in [-0.1, -0.05) is 6.92 Å². The lowest BCUT2D eigenvalue weighted by atomic mass is 10.3. The first kappa shape index (κ1) is 16.4. The van der Waals surface area contributed by atoms with E-state index in [1.54, 1.807) is 6.92 Å². The molecule has 0 spiro atoms. The predicted octanol–water partition coefficient (Wildman–Crippen LogP) is -0.202. The van der Waals surface area contributed by atoms with Gasteiger partial charge >= 0.3 is 0 Å². The van der Waals surface area contributed by atoms with Gasteiger partial charge in [0.25, 0.3) is 0 Å². The highest BCUT2D eigenvalue weighted by molar-refractivity contribution is 7.90. The number of rotatable bonds is 6. The number of sulfonamides is 1. The average Bonchev–Trinajstić information content (AvgIpc) is 2.38. The van der Waals surface area contributed by atoms with E-state index >= 15 is 0 Å². The van der Waals surface area contributed by atoms with Gasteiger partial charge in [0.1, 0.15) is 0 Å². The summed E-state index contributed by atoms with van der Waals surface area (Å²) in [6.45, 7) is 6.14. The van der Waals surface area contributed by atoms with Crippen LogP contribution in [0.25, 0.3) is 0 Å². The van der Waals surface area contributed by atoms with Crippen LogP contribution >= 0.6 is 0 Å². The van der Waals surface area contributed by atoms with E-state index in [0.717, 1.165) is 26.2 Å². The van der Waals surface area contributed by atoms with Crippen LogP contribution in [0.3, 0.4) is 0 Å². The van der Waals surface area contributed by atoms with E-state index in [0.29, 0.717) is 19.5 Å². The van der Waals surface area contributed by atoms with Gasteiger partial charge in [-0.3, -0.25) is 4.90 Å². The van der Waals surface area contributed by atoms with E-state index in [9.17, 15) is 8.42 Å². The van der Waals surface area contributed by atoms with Crippen molar-refractivity contribution in [3.63, 3.8) is 0 Å². The Bertz CT molecular complexity index is 408. The molecule has 0 saturated carbocycles. The van der Waals surface area contributed by atoms with Crippen molar-refractivity contribution in [2.45, 2.75) is 18.6 Å². The molecule has 110 valence electrons. The van der Waals surface area contributed by atoms with Gasteiger partial charge in [-0.25, -0.2) is 8.42 Å². The molecule has 1 fully saturated rings. The number of hydrogen-bond acceptors (Lipinski definition) is 5. The molecule has 1 aliphatic heterocycles. The number of nitrogens with zero attached hydrogens (tertiary/aromatic N) is 4. The van der Waals surface area contributed by atoms with Crippen LogP contribution in [0.5, 0.6) is 0 Å². The molecule has 0 N–H and O–H groups in total. The number of hydrogen-bond donors (Lipinski definition) is 0. The maximum absolute atomic E-state index is 12.2. The first-order valence-electron chi connectivity index (χ1n) is 6.67. The predicted molar refractivity (Wildman–Crippen MR) is 75.2 cm³/mol. The monoisotopic (exact) mass is 288 g/mol. The zero-order valence-electron chi connectivity index (χ0n) is 12.0. The smallest absolute Gasteiger partial charge is 0.230 e. The number of likely N-dealkylation sites (N-methyl/N-ethyl adjacent to an activating group) is 1. The third-order valence-electron chi connectivity index (χ3n) is 3.43. The highest BCUT2D eigenvalue weighted by atomic mass is 32.2. The lowest BCUT2D eigenvalue weighted by molar-refractivity contribution is 0.174. The van der Waals surface area contributed by atoms with E-state index < -0.39 is 15.3 Å². The van der Waals surface area contributed by atoms with Gasteiger partial charge in [0.05, 0.1) is 6.07 Å². The highest BCUT2D eigenvalue weighted by Gasteiger charge is 2.33. The summed E-state index contributed by atoms with van der Waals surface area (Å²) in [5, 5.41) is 8.02. The quantitative estimate of drug-likeness (QED) is 0.677. The summed E-state index contributed by atoms with van der Waals surface area (Å²) in [6.07, 6.45) is 0.347. The molecule has 1 heterocycles. The molecule has 0 aliphatic carbocycles. The Morgan fingerprint density at radius 1 is 1.26 bits per heavy atom. The van der Waals surface area contributed by atoms with E-state index in [1.165, 1.54) is 4.31 Å². The van der Waals surface area contributed by atoms with E-state index in [-0.39, 0.29) is 0 Å². The van der Waals surface area contributed by atoms with Gasteiger partial charge in [0.2, 0.25) is 10.0 Å². The van der Waals surface area contributed by atoms with E-state index in [4.69, 9.17) is 5.26 Å². The molecule has 0 aromatic carbocycles. The summed E-state index contributed by atoms with van der Waals surface area (Å²) in [6, 6.07) is 1.89. The molecule has 0 bridgehead atoms. The Hall–Kier alpha value is -0.680. The largest absolute Gasteiger partial charge is 0.308 e. The zero-order valence-corrected chi connectivity index (χ0v) is 12.9. The maximum Gasteiger partial charge on any atom is 0.230 e. The molecule has 7 heteroatoms. The van der Waals surface area contributed by atoms with Crippen molar-refractivity contribution in [2.24, 2.45) is 0 Å². The van der Waals surface area contributed by atoms with Crippen LogP contribution in [0.1, 0.15) is 13.3 Å². The molecule has 0 radical (unpaired) electrons. The topological polar surface area (TPSA) is 67.6 Å². The molecule has 0 aromatic rings. The van der Waals surface area contributed by atoms with Crippen LogP contribution in [0.15, 0.2) is 0 Å². The minimum atomic E-state index is -3.44. The molecule has 1 rings (SSSR count). The van der Waals surface area contributed by atoms with Crippen molar-refractivity contribution in [3.05, 3.63) is 0 Å². The Kier molecular flexibility index (Phi) is 6.20. The summed E-state index contributed by atoms with van der Waals surface area (Å²) in [4.78, 5) is 4.38. The molecule has 19 heavy (non-hydrogen) atoms. The molecule has 1 atom stereocenters. The van der Waals surface area contributed by atoms with E-state index in [2.05, 4.69) is 9.80 Å². The van der Waals surface area contributed by atoms with Crippen molar-refractivity contribution < 1.29 is 8.42 Å². The van der Waals surface area contributed by atoms with Gasteiger partial charge in [0.15, 0.2) is 5.25 Å². The minimum absolute atomic E-state index is 0.347. The molecule has 6 nitrogen and oxygen atoms in total. The fourth-order valence-corrected chi connectivity index (χ4v) is 3.68. The lowest BCUT2D eigenvalue weighted by Crippen LogP contribution is -2.51. The second-order valence-corrected chi connectivity index (χ2v) is 7.23. The number of piperazine rings is 1. The Balaban J connectivity index is 2.52. The molecular weight excluding hydrogens is 264 g/mol. The zero-order chi connectivity index (χ0) is 14.5. The highest BCUT2D eigenvalue weighted by Crippen LogP contribution is 2.14. The van der Waals surface area contributed by atoms with Crippen molar-refractivity contribution in [1.29, 1.82) is 5.26 Å². The minimum Gasteiger partial charge on any atom is -0.308 e. The van der Waals surface area contributed by atoms with Crippen molar-refractivity contribution >= 4 is 10.0 Å². The standard InChI is InChI=1S/C12H24N4O2S/c1-4-12(11-13)19(17,18)16-9-7-15(8-10-16)6-5-14(2)3/h12H,4-10H2,1-3H3. The summed E-state index contributed by atoms with van der Waals surface area (Å²) >= 11 is 0. The Labute approximate surface area is 116 Å². The molecule has 1 unspecified atom stereocenters. The van der Waals surface area contributed by atoms with Gasteiger partial charge in [-0.2, -0.15) is 9.57 Å². The van der Waals surface area contributed by atoms with Crippen LogP contribution in [0, 0.1) is 11.3 Å². The Morgan fingerprint density at radius 3 is 2.26 bits per heavy atom. The van der Waals surface area contributed by atoms with Crippen molar-refractivity contribution in [3.8, 4) is 6.07 Å². The summed E-state index contributed by atoms with van der Waals surface area (Å²) < 4.78 is 25.9. The molecule has 0 aromatic heterocycles. The van der Waals surface area contributed by atoms with Crippen molar-refractivity contribution in [2.75, 3.05) is 53.4 Å². The Morgan fingerprint density at radius 2 is 1.84 bits per heavy atom. The van der Waals surface area contributed by atoms with Gasteiger partial charge in [-0.05, 0) is 20.5 Å². The first-order valence-corrected chi connectivity index (χ1v) is 8.17. The third kappa shape index (κ3) is 4.42. The lowest BCUT2D eigenvalue weighted by Gasteiger charge is -2.35. The number of nitriles is 1. The molecular formula is C12H24N4O2S. The van der Waals surface area contributed by atoms with Crippen LogP contribution in [0.2, 0.25) is 0 Å². The van der Waals surface area contributed by atoms with Crippen LogP contribution in [-0.2, 0) is 10.0 Å². The summed E-state index contributed by atoms with van der Waals surface area (Å²) in [5.41, 5.74) is 0. The van der Waals surface area contributed by atoms with Gasteiger partial charge < -0.3 is 4.90 Å². The second kappa shape index (κ2) is 7.20. The van der Waals surface area contributed by atoms with Gasteiger partial charge in [-0.15, -0.1) is 0 Å². The molecule has 1 aliphatic rings. The molecule has 0 amide bonds. The first-order chi connectivity index (χ1) is 8.91. The fraction of sp³-hybridized carbons (Fsp3) is 0.917. The SMILES string of the molecule is CCC(C#N)S(=O)(=O)N1CCN(CCN(C)C)CC1. The van der Waals surface area contributed by atoms with Crippen LogP contribution in [-0.4, -0.2) is 81.1 Å². The normalized spacial score (nSPS) is 20.4. The average molecular weight is 288 g/mol. The molecule has 1 saturated heterocycles. The maximum atomic E-state index is 12.2. The summed E-state index contributed by atoms with van der Waals surface area (Å²) in [5.74, 6) is 0. The summed E-state index contributed by atoms with van der Waals surface area (Å²) in [7, 11) is 0.611. The second-order valence-electron chi connectivity index (χ2n) is 5.11. The van der Waals surface area contributed by atoms with E-state index in [1.807, 2.05) is 20.2 Å². The van der Waals surface area contributed by atoms with Crippen LogP contribution < -0.4 is 0 Å². The van der Waals surface area contributed by atoms with Gasteiger partial charge in [0, 0.05) is 39.3 Å².